The fourth-order valence-electron chi connectivity index (χ4n) is 2.74. The molecule has 2 N–H and O–H groups in total. The van der Waals surface area contributed by atoms with Gasteiger partial charge in [0.2, 0.25) is 0 Å². The second-order valence-corrected chi connectivity index (χ2v) is 6.37. The van der Waals surface area contributed by atoms with Crippen LogP contribution in [0.25, 0.3) is 0 Å². The van der Waals surface area contributed by atoms with Crippen molar-refractivity contribution in [3.05, 3.63) is 0 Å². The average Bonchev–Trinajstić information content (AvgIpc) is 2.17. The van der Waals surface area contributed by atoms with Gasteiger partial charge < -0.3 is 10.6 Å². The van der Waals surface area contributed by atoms with E-state index < -0.39 is 0 Å². The summed E-state index contributed by atoms with van der Waals surface area (Å²) in [6, 6.07) is 1.21. The van der Waals surface area contributed by atoms with Crippen LogP contribution in [0.4, 0.5) is 0 Å². The molecule has 1 heterocycles. The summed E-state index contributed by atoms with van der Waals surface area (Å²) in [4.78, 5) is 4.94. The minimum Gasteiger partial charge on any atom is -0.329 e. The van der Waals surface area contributed by atoms with Gasteiger partial charge in [0.1, 0.15) is 0 Å². The topological polar surface area (TPSA) is 32.5 Å². The highest BCUT2D eigenvalue weighted by molar-refractivity contribution is 4.89. The third-order valence-corrected chi connectivity index (χ3v) is 3.82. The molecule has 0 amide bonds. The van der Waals surface area contributed by atoms with Gasteiger partial charge in [-0.15, -0.1) is 0 Å². The predicted octanol–water partition coefficient (Wildman–Crippen LogP) is 1.39. The minimum absolute atomic E-state index is 0.281. The lowest BCUT2D eigenvalue weighted by Gasteiger charge is -2.45. The van der Waals surface area contributed by atoms with Crippen LogP contribution < -0.4 is 5.73 Å². The van der Waals surface area contributed by atoms with Crippen molar-refractivity contribution in [2.75, 3.05) is 33.7 Å². The van der Waals surface area contributed by atoms with E-state index in [0.717, 1.165) is 6.54 Å². The summed E-state index contributed by atoms with van der Waals surface area (Å²) in [7, 11) is 4.37. The molecule has 0 saturated carbocycles. The number of likely N-dealkylation sites (tertiary alicyclic amines) is 1. The maximum atomic E-state index is 5.96. The summed E-state index contributed by atoms with van der Waals surface area (Å²) in [6.45, 7) is 10.0. The van der Waals surface area contributed by atoms with Crippen molar-refractivity contribution in [2.24, 2.45) is 11.1 Å². The van der Waals surface area contributed by atoms with E-state index in [1.54, 1.807) is 0 Å². The molecule has 0 bridgehead atoms. The third kappa shape index (κ3) is 3.44. The Kier molecular flexibility index (Phi) is 4.77. The van der Waals surface area contributed by atoms with Crippen molar-refractivity contribution >= 4 is 0 Å². The van der Waals surface area contributed by atoms with Crippen molar-refractivity contribution < 1.29 is 0 Å². The summed E-state index contributed by atoms with van der Waals surface area (Å²) in [5.41, 5.74) is 6.24. The number of likely N-dealkylation sites (N-methyl/N-ethyl adjacent to an activating group) is 1. The SMILES string of the molecule is CN(C)C1CCCN(C(CN)C(C)(C)C)C1. The summed E-state index contributed by atoms with van der Waals surface area (Å²) in [5.74, 6) is 0. The molecule has 0 aromatic heterocycles. The van der Waals surface area contributed by atoms with Crippen molar-refractivity contribution in [2.45, 2.75) is 45.7 Å². The molecule has 0 radical (unpaired) electrons. The Bertz CT molecular complexity index is 208. The minimum atomic E-state index is 0.281. The number of piperidine rings is 1. The lowest BCUT2D eigenvalue weighted by atomic mass is 9.84. The molecule has 3 nitrogen and oxygen atoms in total. The van der Waals surface area contributed by atoms with Crippen LogP contribution in [0, 0.1) is 5.41 Å². The van der Waals surface area contributed by atoms with Crippen LogP contribution in [0.3, 0.4) is 0 Å². The normalized spacial score (nSPS) is 26.1. The van der Waals surface area contributed by atoms with Gasteiger partial charge in [-0.3, -0.25) is 4.90 Å². The molecule has 1 aliphatic heterocycles. The highest BCUT2D eigenvalue weighted by Crippen LogP contribution is 2.27. The zero-order valence-corrected chi connectivity index (χ0v) is 11.7. The number of hydrogen-bond acceptors (Lipinski definition) is 3. The summed E-state index contributed by atoms with van der Waals surface area (Å²) in [6.07, 6.45) is 2.63. The van der Waals surface area contributed by atoms with Crippen molar-refractivity contribution in [3.8, 4) is 0 Å². The highest BCUT2D eigenvalue weighted by Gasteiger charge is 2.32. The third-order valence-electron chi connectivity index (χ3n) is 3.82. The zero-order chi connectivity index (χ0) is 12.3. The fraction of sp³-hybridized carbons (Fsp3) is 1.00. The molecular formula is C13H29N3. The van der Waals surface area contributed by atoms with Gasteiger partial charge in [-0.1, -0.05) is 20.8 Å². The highest BCUT2D eigenvalue weighted by atomic mass is 15.2. The maximum Gasteiger partial charge on any atom is 0.0267 e. The molecule has 2 unspecified atom stereocenters. The van der Waals surface area contributed by atoms with Crippen LogP contribution >= 0.6 is 0 Å². The van der Waals surface area contributed by atoms with Crippen LogP contribution in [-0.4, -0.2) is 55.6 Å². The predicted molar refractivity (Wildman–Crippen MR) is 70.6 cm³/mol. The van der Waals surface area contributed by atoms with Gasteiger partial charge in [-0.2, -0.15) is 0 Å². The standard InChI is InChI=1S/C13H29N3/c1-13(2,3)12(9-14)16-8-6-7-11(10-16)15(4)5/h11-12H,6-10,14H2,1-5H3. The van der Waals surface area contributed by atoms with Gasteiger partial charge in [-0.25, -0.2) is 0 Å². The molecule has 1 rings (SSSR count). The number of rotatable bonds is 3. The van der Waals surface area contributed by atoms with Gasteiger partial charge in [0, 0.05) is 25.2 Å². The Morgan fingerprint density at radius 3 is 2.44 bits per heavy atom. The van der Waals surface area contributed by atoms with Gasteiger partial charge in [0.05, 0.1) is 0 Å². The van der Waals surface area contributed by atoms with Crippen LogP contribution in [0.2, 0.25) is 0 Å². The molecule has 0 spiro atoms. The average molecular weight is 227 g/mol. The lowest BCUT2D eigenvalue weighted by Crippen LogP contribution is -2.55. The Morgan fingerprint density at radius 2 is 2.00 bits per heavy atom. The summed E-state index contributed by atoms with van der Waals surface area (Å²) in [5, 5.41) is 0. The lowest BCUT2D eigenvalue weighted by molar-refractivity contribution is 0.0490. The molecule has 3 heteroatoms. The molecule has 16 heavy (non-hydrogen) atoms. The first-order valence-electron chi connectivity index (χ1n) is 6.46. The first kappa shape index (κ1) is 13.9. The Morgan fingerprint density at radius 1 is 1.38 bits per heavy atom. The maximum absolute atomic E-state index is 5.96. The van der Waals surface area contributed by atoms with Crippen LogP contribution in [0.5, 0.6) is 0 Å². The molecular weight excluding hydrogens is 198 g/mol. The van der Waals surface area contributed by atoms with Gasteiger partial charge in [0.25, 0.3) is 0 Å². The molecule has 0 aromatic carbocycles. The Labute approximate surface area is 101 Å². The first-order chi connectivity index (χ1) is 7.36. The number of hydrogen-bond donors (Lipinski definition) is 1. The smallest absolute Gasteiger partial charge is 0.0267 e. The van der Waals surface area contributed by atoms with Crippen molar-refractivity contribution in [1.82, 2.24) is 9.80 Å². The second-order valence-electron chi connectivity index (χ2n) is 6.37. The van der Waals surface area contributed by atoms with E-state index in [9.17, 15) is 0 Å². The van der Waals surface area contributed by atoms with E-state index >= 15 is 0 Å². The summed E-state index contributed by atoms with van der Waals surface area (Å²) >= 11 is 0. The largest absolute Gasteiger partial charge is 0.329 e. The molecule has 1 saturated heterocycles. The molecule has 1 fully saturated rings. The van der Waals surface area contributed by atoms with E-state index in [4.69, 9.17) is 5.73 Å². The summed E-state index contributed by atoms with van der Waals surface area (Å²) < 4.78 is 0. The number of nitrogens with zero attached hydrogens (tertiary/aromatic N) is 2. The Balaban J connectivity index is 2.64. The quantitative estimate of drug-likeness (QED) is 0.791. The molecule has 1 aliphatic rings. The van der Waals surface area contributed by atoms with Crippen molar-refractivity contribution in [3.63, 3.8) is 0 Å². The first-order valence-corrected chi connectivity index (χ1v) is 6.46. The fourth-order valence-corrected chi connectivity index (χ4v) is 2.74. The van der Waals surface area contributed by atoms with Gasteiger partial charge in [-0.05, 0) is 38.9 Å². The van der Waals surface area contributed by atoms with Gasteiger partial charge in [0.15, 0.2) is 0 Å². The number of nitrogens with two attached hydrogens (primary N) is 1. The molecule has 96 valence electrons. The van der Waals surface area contributed by atoms with E-state index in [1.807, 2.05) is 0 Å². The van der Waals surface area contributed by atoms with Crippen LogP contribution in [-0.2, 0) is 0 Å². The van der Waals surface area contributed by atoms with E-state index in [2.05, 4.69) is 44.7 Å². The van der Waals surface area contributed by atoms with Gasteiger partial charge >= 0.3 is 0 Å². The van der Waals surface area contributed by atoms with Crippen molar-refractivity contribution in [1.29, 1.82) is 0 Å². The Hall–Kier alpha value is -0.120. The monoisotopic (exact) mass is 227 g/mol. The van der Waals surface area contributed by atoms with E-state index in [0.29, 0.717) is 12.1 Å². The zero-order valence-electron chi connectivity index (χ0n) is 11.7. The molecule has 0 aliphatic carbocycles. The van der Waals surface area contributed by atoms with Crippen LogP contribution in [0.15, 0.2) is 0 Å². The molecule has 2 atom stereocenters. The van der Waals surface area contributed by atoms with E-state index in [1.165, 1.54) is 25.9 Å². The van der Waals surface area contributed by atoms with Crippen LogP contribution in [0.1, 0.15) is 33.6 Å². The van der Waals surface area contributed by atoms with E-state index in [-0.39, 0.29) is 5.41 Å². The molecule has 0 aromatic rings. The second kappa shape index (κ2) is 5.48.